The Kier molecular flexibility index (Phi) is 9.32. The maximum Gasteiger partial charge on any atom is 0.258 e. The summed E-state index contributed by atoms with van der Waals surface area (Å²) in [5.74, 6) is -1.85. The standard InChI is InChI=1S/C26H40F2N2O/c1-6-8-9-13-21(12-7-2)14-10-11-15-24(31)23-17-29-22(20(4)30-23)16-19(3)25(5)18-26(25,27)28/h16-17,21H,6-15,18H2,1-5H3/b19-16+. The zero-order valence-corrected chi connectivity index (χ0v) is 20.1. The molecule has 2 atom stereocenters. The first-order chi connectivity index (χ1) is 14.6. The topological polar surface area (TPSA) is 42.9 Å². The van der Waals surface area contributed by atoms with Gasteiger partial charge < -0.3 is 0 Å². The molecule has 1 saturated carbocycles. The third kappa shape index (κ3) is 6.92. The Labute approximate surface area is 187 Å². The van der Waals surface area contributed by atoms with E-state index in [0.717, 1.165) is 18.8 Å². The van der Waals surface area contributed by atoms with Crippen molar-refractivity contribution in [3.05, 3.63) is 28.9 Å². The van der Waals surface area contributed by atoms with Gasteiger partial charge in [0.2, 0.25) is 0 Å². The Hall–Kier alpha value is -1.65. The lowest BCUT2D eigenvalue weighted by atomic mass is 9.91. The second-order valence-electron chi connectivity index (χ2n) is 9.59. The van der Waals surface area contributed by atoms with E-state index in [9.17, 15) is 13.6 Å². The number of alkyl halides is 2. The molecule has 0 saturated heterocycles. The monoisotopic (exact) mass is 434 g/mol. The summed E-state index contributed by atoms with van der Waals surface area (Å²) >= 11 is 0. The summed E-state index contributed by atoms with van der Waals surface area (Å²) < 4.78 is 27.2. The average Bonchev–Trinajstić information content (AvgIpc) is 3.25. The number of carbonyl (C=O) groups is 1. The number of nitrogens with zero attached hydrogens (tertiary/aromatic N) is 2. The molecule has 0 bridgehead atoms. The Morgan fingerprint density at radius 2 is 1.77 bits per heavy atom. The number of allylic oxidation sites excluding steroid dienone is 1. The van der Waals surface area contributed by atoms with E-state index in [-0.39, 0.29) is 12.2 Å². The number of aryl methyl sites for hydroxylation is 1. The van der Waals surface area contributed by atoms with Gasteiger partial charge in [-0.15, -0.1) is 0 Å². The summed E-state index contributed by atoms with van der Waals surface area (Å²) in [5.41, 5.74) is 1.07. The number of hydrogen-bond donors (Lipinski definition) is 0. The average molecular weight is 435 g/mol. The molecule has 2 unspecified atom stereocenters. The highest BCUT2D eigenvalue weighted by molar-refractivity contribution is 5.94. The molecule has 0 spiro atoms. The van der Waals surface area contributed by atoms with Crippen molar-refractivity contribution in [3.8, 4) is 0 Å². The second-order valence-corrected chi connectivity index (χ2v) is 9.59. The Balaban J connectivity index is 1.85. The minimum atomic E-state index is -2.64. The van der Waals surface area contributed by atoms with Gasteiger partial charge in [-0.25, -0.2) is 13.8 Å². The maximum atomic E-state index is 13.6. The lowest BCUT2D eigenvalue weighted by Crippen LogP contribution is -2.09. The van der Waals surface area contributed by atoms with Crippen LogP contribution in [0.25, 0.3) is 6.08 Å². The van der Waals surface area contributed by atoms with Crippen LogP contribution < -0.4 is 0 Å². The summed E-state index contributed by atoms with van der Waals surface area (Å²) in [7, 11) is 0. The van der Waals surface area contributed by atoms with Gasteiger partial charge in [0.25, 0.3) is 5.92 Å². The molecule has 1 aliphatic carbocycles. The van der Waals surface area contributed by atoms with Crippen LogP contribution in [0.1, 0.15) is 120 Å². The molecule has 1 fully saturated rings. The van der Waals surface area contributed by atoms with Crippen LogP contribution in [-0.2, 0) is 0 Å². The van der Waals surface area contributed by atoms with E-state index in [1.54, 1.807) is 26.8 Å². The zero-order valence-electron chi connectivity index (χ0n) is 20.1. The second kappa shape index (κ2) is 11.3. The van der Waals surface area contributed by atoms with Crippen molar-refractivity contribution >= 4 is 11.9 Å². The highest BCUT2D eigenvalue weighted by Gasteiger charge is 2.68. The number of unbranched alkanes of at least 4 members (excludes halogenated alkanes) is 3. The van der Waals surface area contributed by atoms with Crippen LogP contribution in [0.4, 0.5) is 8.78 Å². The van der Waals surface area contributed by atoms with Crippen LogP contribution in [0, 0.1) is 18.3 Å². The van der Waals surface area contributed by atoms with Gasteiger partial charge in [0.15, 0.2) is 5.78 Å². The third-order valence-electron chi connectivity index (χ3n) is 6.93. The first kappa shape index (κ1) is 25.6. The summed E-state index contributed by atoms with van der Waals surface area (Å²) in [5, 5.41) is 0. The zero-order chi connectivity index (χ0) is 23.1. The highest BCUT2D eigenvalue weighted by Crippen LogP contribution is 2.64. The third-order valence-corrected chi connectivity index (χ3v) is 6.93. The molecular weight excluding hydrogens is 394 g/mol. The van der Waals surface area contributed by atoms with E-state index < -0.39 is 11.3 Å². The van der Waals surface area contributed by atoms with Gasteiger partial charge in [0.1, 0.15) is 5.69 Å². The lowest BCUT2D eigenvalue weighted by Gasteiger charge is -2.15. The van der Waals surface area contributed by atoms with E-state index in [1.165, 1.54) is 51.1 Å². The summed E-state index contributed by atoms with van der Waals surface area (Å²) in [6.45, 7) is 9.56. The van der Waals surface area contributed by atoms with Crippen LogP contribution >= 0.6 is 0 Å². The van der Waals surface area contributed by atoms with E-state index in [1.807, 2.05) is 0 Å². The molecule has 0 aliphatic heterocycles. The lowest BCUT2D eigenvalue weighted by molar-refractivity contribution is 0.0815. The molecule has 174 valence electrons. The normalized spacial score (nSPS) is 21.2. The minimum Gasteiger partial charge on any atom is -0.292 e. The summed E-state index contributed by atoms with van der Waals surface area (Å²) in [6.07, 6.45) is 14.4. The Bertz CT molecular complexity index is 775. The number of Topliss-reactive ketones (excluding diaryl/α,β-unsaturated/α-hetero) is 1. The molecule has 1 aromatic rings. The smallest absolute Gasteiger partial charge is 0.258 e. The predicted molar refractivity (Wildman–Crippen MR) is 123 cm³/mol. The van der Waals surface area contributed by atoms with Crippen LogP contribution in [0.3, 0.4) is 0 Å². The molecule has 1 aliphatic rings. The van der Waals surface area contributed by atoms with Crippen LogP contribution in [0.2, 0.25) is 0 Å². The molecule has 0 aromatic carbocycles. The fraction of sp³-hybridized carbons (Fsp3) is 0.731. The fourth-order valence-corrected chi connectivity index (χ4v) is 4.33. The van der Waals surface area contributed by atoms with E-state index in [4.69, 9.17) is 0 Å². The predicted octanol–water partition coefficient (Wildman–Crippen LogP) is 7.97. The first-order valence-corrected chi connectivity index (χ1v) is 12.1. The van der Waals surface area contributed by atoms with E-state index >= 15 is 0 Å². The number of aromatic nitrogens is 2. The quantitative estimate of drug-likeness (QED) is 0.220. The Morgan fingerprint density at radius 1 is 1.13 bits per heavy atom. The number of carbonyl (C=O) groups excluding carboxylic acids is 1. The van der Waals surface area contributed by atoms with Gasteiger partial charge in [-0.05, 0) is 39.2 Å². The number of halogens is 2. The van der Waals surface area contributed by atoms with E-state index in [0.29, 0.717) is 29.1 Å². The molecule has 3 nitrogen and oxygen atoms in total. The highest BCUT2D eigenvalue weighted by atomic mass is 19.3. The number of hydrogen-bond acceptors (Lipinski definition) is 3. The van der Waals surface area contributed by atoms with Gasteiger partial charge >= 0.3 is 0 Å². The first-order valence-electron chi connectivity index (χ1n) is 12.1. The molecule has 1 heterocycles. The maximum absolute atomic E-state index is 13.6. The van der Waals surface area contributed by atoms with Crippen molar-refractivity contribution in [2.75, 3.05) is 0 Å². The molecule has 0 N–H and O–H groups in total. The van der Waals surface area contributed by atoms with Gasteiger partial charge in [-0.1, -0.05) is 70.8 Å². The molecule has 5 heteroatoms. The van der Waals surface area contributed by atoms with Crippen molar-refractivity contribution in [2.45, 2.75) is 111 Å². The summed E-state index contributed by atoms with van der Waals surface area (Å²) in [4.78, 5) is 21.3. The van der Waals surface area contributed by atoms with Crippen molar-refractivity contribution in [3.63, 3.8) is 0 Å². The van der Waals surface area contributed by atoms with Gasteiger partial charge in [-0.3, -0.25) is 9.78 Å². The van der Waals surface area contributed by atoms with Gasteiger partial charge in [0, 0.05) is 12.8 Å². The Morgan fingerprint density at radius 3 is 2.32 bits per heavy atom. The number of ketones is 1. The van der Waals surface area contributed by atoms with Gasteiger partial charge in [0.05, 0.1) is 23.0 Å². The van der Waals surface area contributed by atoms with Crippen LogP contribution in [0.5, 0.6) is 0 Å². The molecule has 31 heavy (non-hydrogen) atoms. The fourth-order valence-electron chi connectivity index (χ4n) is 4.33. The SMILES string of the molecule is CCCCCC(CCC)CCCCC(=O)c1cnc(/C=C(\C)C2(C)CC2(F)F)c(C)n1. The number of rotatable bonds is 14. The molecule has 1 aromatic heterocycles. The van der Waals surface area contributed by atoms with Gasteiger partial charge in [-0.2, -0.15) is 0 Å². The van der Waals surface area contributed by atoms with Crippen LogP contribution in [-0.4, -0.2) is 21.7 Å². The van der Waals surface area contributed by atoms with E-state index in [2.05, 4.69) is 23.8 Å². The minimum absolute atomic E-state index is 0.0153. The van der Waals surface area contributed by atoms with Crippen molar-refractivity contribution < 1.29 is 13.6 Å². The molecule has 0 amide bonds. The molecular formula is C26H40F2N2O. The molecule has 2 rings (SSSR count). The van der Waals surface area contributed by atoms with Crippen molar-refractivity contribution in [1.29, 1.82) is 0 Å². The van der Waals surface area contributed by atoms with Crippen LogP contribution in [0.15, 0.2) is 11.8 Å². The largest absolute Gasteiger partial charge is 0.292 e. The van der Waals surface area contributed by atoms with Crippen molar-refractivity contribution in [1.82, 2.24) is 9.97 Å². The summed E-state index contributed by atoms with van der Waals surface area (Å²) in [6, 6.07) is 0. The van der Waals surface area contributed by atoms with Crippen molar-refractivity contribution in [2.24, 2.45) is 11.3 Å². The molecule has 0 radical (unpaired) electrons.